The van der Waals surface area contributed by atoms with Gasteiger partial charge in [0.25, 0.3) is 0 Å². The zero-order valence-electron chi connectivity index (χ0n) is 16.0. The Morgan fingerprint density at radius 3 is 2.57 bits per heavy atom. The molecule has 0 spiro atoms. The third-order valence-corrected chi connectivity index (χ3v) is 4.92. The number of benzene rings is 2. The molecule has 0 aliphatic carbocycles. The minimum Gasteiger partial charge on any atom is -0.309 e. The molecule has 0 bridgehead atoms. The molecule has 0 saturated carbocycles. The second-order valence-corrected chi connectivity index (χ2v) is 6.93. The zero-order chi connectivity index (χ0) is 19.5. The molecule has 2 aromatic carbocycles. The molecule has 5 heteroatoms. The number of fused-ring (bicyclic) bond motifs is 1. The summed E-state index contributed by atoms with van der Waals surface area (Å²) in [5.41, 5.74) is 5.09. The van der Waals surface area contributed by atoms with Crippen LogP contribution in [-0.2, 0) is 17.8 Å². The van der Waals surface area contributed by atoms with E-state index in [9.17, 15) is 4.79 Å². The van der Waals surface area contributed by atoms with E-state index in [0.29, 0.717) is 12.4 Å². The number of pyridine rings is 1. The molecule has 140 valence electrons. The Balaban J connectivity index is 1.47. The molecule has 0 fully saturated rings. The van der Waals surface area contributed by atoms with E-state index < -0.39 is 0 Å². The summed E-state index contributed by atoms with van der Waals surface area (Å²) in [6.45, 7) is 4.67. The van der Waals surface area contributed by atoms with Gasteiger partial charge in [0.1, 0.15) is 0 Å². The molecule has 2 heterocycles. The van der Waals surface area contributed by atoms with Crippen LogP contribution >= 0.6 is 0 Å². The van der Waals surface area contributed by atoms with Gasteiger partial charge in [-0.3, -0.25) is 14.5 Å². The molecule has 0 aliphatic heterocycles. The maximum absolute atomic E-state index is 12.6. The van der Waals surface area contributed by atoms with Gasteiger partial charge >= 0.3 is 0 Å². The quantitative estimate of drug-likeness (QED) is 0.570. The fraction of sp³-hybridized carbons (Fsp3) is 0.174. The first kappa shape index (κ1) is 17.9. The molecule has 0 radical (unpaired) electrons. The van der Waals surface area contributed by atoms with Gasteiger partial charge in [-0.25, -0.2) is 0 Å². The highest BCUT2D eigenvalue weighted by Gasteiger charge is 2.14. The Hall–Kier alpha value is -3.47. The highest BCUT2D eigenvalue weighted by Crippen LogP contribution is 2.23. The van der Waals surface area contributed by atoms with E-state index in [2.05, 4.69) is 27.5 Å². The predicted molar refractivity (Wildman–Crippen MR) is 111 cm³/mol. The van der Waals surface area contributed by atoms with Gasteiger partial charge in [-0.1, -0.05) is 48.5 Å². The molecule has 4 rings (SSSR count). The molecular formula is C23H22N4O. The van der Waals surface area contributed by atoms with Crippen molar-refractivity contribution in [3.63, 3.8) is 0 Å². The van der Waals surface area contributed by atoms with Gasteiger partial charge < -0.3 is 5.32 Å². The molecule has 2 aromatic heterocycles. The van der Waals surface area contributed by atoms with Crippen LogP contribution in [0.15, 0.2) is 66.9 Å². The number of hydrogen-bond donors (Lipinski definition) is 1. The first-order chi connectivity index (χ1) is 13.6. The molecule has 0 aliphatic rings. The van der Waals surface area contributed by atoms with Crippen molar-refractivity contribution < 1.29 is 4.79 Å². The van der Waals surface area contributed by atoms with Gasteiger partial charge in [-0.2, -0.15) is 5.10 Å². The summed E-state index contributed by atoms with van der Waals surface area (Å²) >= 11 is 0. The van der Waals surface area contributed by atoms with Crippen molar-refractivity contribution in [1.82, 2.24) is 14.8 Å². The Kier molecular flexibility index (Phi) is 4.89. The normalized spacial score (nSPS) is 10.9. The minimum atomic E-state index is -0.0896. The number of carbonyl (C=O) groups excluding carboxylic acids is 1. The van der Waals surface area contributed by atoms with Crippen LogP contribution in [0, 0.1) is 13.8 Å². The number of hydrogen-bond acceptors (Lipinski definition) is 3. The number of carbonyl (C=O) groups is 1. The topological polar surface area (TPSA) is 59.8 Å². The summed E-state index contributed by atoms with van der Waals surface area (Å²) < 4.78 is 1.82. The SMILES string of the molecule is Cc1nc2ccccc2c(C)c1CC(=O)Nc1ccn(Cc2ccccc2)n1. The van der Waals surface area contributed by atoms with Crippen LogP contribution in [0.4, 0.5) is 5.82 Å². The summed E-state index contributed by atoms with van der Waals surface area (Å²) in [6, 6.07) is 19.9. The first-order valence-electron chi connectivity index (χ1n) is 9.32. The molecule has 1 amide bonds. The lowest BCUT2D eigenvalue weighted by Gasteiger charge is -2.12. The van der Waals surface area contributed by atoms with Crippen LogP contribution in [0.1, 0.15) is 22.4 Å². The summed E-state index contributed by atoms with van der Waals surface area (Å²) in [5.74, 6) is 0.471. The molecule has 1 N–H and O–H groups in total. The number of nitrogens with one attached hydrogen (secondary N) is 1. The molecule has 5 nitrogen and oxygen atoms in total. The molecular weight excluding hydrogens is 348 g/mol. The molecule has 0 saturated heterocycles. The average Bonchev–Trinajstić information content (AvgIpc) is 3.12. The summed E-state index contributed by atoms with van der Waals surface area (Å²) in [5, 5.41) is 8.44. The Morgan fingerprint density at radius 2 is 1.75 bits per heavy atom. The molecule has 0 atom stereocenters. The highest BCUT2D eigenvalue weighted by atomic mass is 16.1. The van der Waals surface area contributed by atoms with Crippen molar-refractivity contribution in [3.05, 3.63) is 89.2 Å². The van der Waals surface area contributed by atoms with E-state index in [1.807, 2.05) is 73.3 Å². The molecule has 28 heavy (non-hydrogen) atoms. The number of aromatic nitrogens is 3. The standard InChI is InChI=1S/C23H22N4O/c1-16-19-10-6-7-11-21(19)24-17(2)20(16)14-23(28)25-22-12-13-27(26-22)15-18-8-4-3-5-9-18/h3-13H,14-15H2,1-2H3,(H,25,26,28). The second kappa shape index (κ2) is 7.64. The predicted octanol–water partition coefficient (Wildman–Crippen LogP) is 4.28. The minimum absolute atomic E-state index is 0.0896. The lowest BCUT2D eigenvalue weighted by atomic mass is 9.99. The van der Waals surface area contributed by atoms with Crippen LogP contribution in [-0.4, -0.2) is 20.7 Å². The maximum Gasteiger partial charge on any atom is 0.230 e. The number of rotatable bonds is 5. The van der Waals surface area contributed by atoms with Crippen molar-refractivity contribution in [1.29, 1.82) is 0 Å². The fourth-order valence-corrected chi connectivity index (χ4v) is 3.47. The third kappa shape index (κ3) is 3.78. The van der Waals surface area contributed by atoms with Gasteiger partial charge in [-0.15, -0.1) is 0 Å². The fourth-order valence-electron chi connectivity index (χ4n) is 3.47. The summed E-state index contributed by atoms with van der Waals surface area (Å²) in [7, 11) is 0. The smallest absolute Gasteiger partial charge is 0.230 e. The van der Waals surface area contributed by atoms with Gasteiger partial charge in [0.05, 0.1) is 18.5 Å². The number of para-hydroxylation sites is 1. The van der Waals surface area contributed by atoms with Gasteiger partial charge in [0, 0.05) is 23.3 Å². The summed E-state index contributed by atoms with van der Waals surface area (Å²) in [6.07, 6.45) is 2.15. The van der Waals surface area contributed by atoms with Crippen molar-refractivity contribution in [2.24, 2.45) is 0 Å². The van der Waals surface area contributed by atoms with Crippen molar-refractivity contribution in [2.45, 2.75) is 26.8 Å². The molecule has 4 aromatic rings. The number of aryl methyl sites for hydroxylation is 2. The van der Waals surface area contributed by atoms with Gasteiger partial charge in [0.2, 0.25) is 5.91 Å². The van der Waals surface area contributed by atoms with Crippen LogP contribution in [0.25, 0.3) is 10.9 Å². The highest BCUT2D eigenvalue weighted by molar-refractivity contribution is 5.93. The van der Waals surface area contributed by atoms with Crippen molar-refractivity contribution in [2.75, 3.05) is 5.32 Å². The Morgan fingerprint density at radius 1 is 1.00 bits per heavy atom. The van der Waals surface area contributed by atoms with Crippen LogP contribution in [0.5, 0.6) is 0 Å². The van der Waals surface area contributed by atoms with E-state index in [1.165, 1.54) is 0 Å². The average molecular weight is 370 g/mol. The van der Waals surface area contributed by atoms with Gasteiger partial charge in [0.15, 0.2) is 5.82 Å². The Bertz CT molecular complexity index is 1130. The van der Waals surface area contributed by atoms with Crippen molar-refractivity contribution >= 4 is 22.6 Å². The third-order valence-electron chi connectivity index (χ3n) is 4.92. The molecule has 0 unspecified atom stereocenters. The van der Waals surface area contributed by atoms with Crippen molar-refractivity contribution in [3.8, 4) is 0 Å². The van der Waals surface area contributed by atoms with E-state index in [-0.39, 0.29) is 12.3 Å². The van der Waals surface area contributed by atoms with Gasteiger partial charge in [-0.05, 0) is 36.6 Å². The van der Waals surface area contributed by atoms with E-state index >= 15 is 0 Å². The summed E-state index contributed by atoms with van der Waals surface area (Å²) in [4.78, 5) is 17.2. The second-order valence-electron chi connectivity index (χ2n) is 6.93. The van der Waals surface area contributed by atoms with Crippen LogP contribution in [0.3, 0.4) is 0 Å². The zero-order valence-corrected chi connectivity index (χ0v) is 16.0. The largest absolute Gasteiger partial charge is 0.309 e. The monoisotopic (exact) mass is 370 g/mol. The van der Waals surface area contributed by atoms with Crippen LogP contribution < -0.4 is 5.32 Å². The van der Waals surface area contributed by atoms with E-state index in [1.54, 1.807) is 0 Å². The number of amides is 1. The lowest BCUT2D eigenvalue weighted by molar-refractivity contribution is -0.115. The van der Waals surface area contributed by atoms with E-state index in [0.717, 1.165) is 33.3 Å². The van der Waals surface area contributed by atoms with Crippen LogP contribution in [0.2, 0.25) is 0 Å². The van der Waals surface area contributed by atoms with E-state index in [4.69, 9.17) is 0 Å². The maximum atomic E-state index is 12.6. The number of nitrogens with zero attached hydrogens (tertiary/aromatic N) is 3. The Labute approximate surface area is 164 Å². The lowest BCUT2D eigenvalue weighted by Crippen LogP contribution is -2.17. The first-order valence-corrected chi connectivity index (χ1v) is 9.32. The number of anilines is 1.